The molecule has 0 aromatic carbocycles. The SMILES string of the molecule is CC/C=C\C/C=C\C/C=C\C/C=C\C/C=C\CCCCCCCCCCCCCCCCCCCCCC(=O)OC(CO)COC(=O)CCCCCCCC/C=C\C/C=C\C/C=C\C/C=C\CC. The summed E-state index contributed by atoms with van der Waals surface area (Å²) in [6.07, 6.45) is 83.5. The zero-order valence-electron chi connectivity index (χ0n) is 44.3. The Balaban J connectivity index is 3.48. The predicted molar refractivity (Wildman–Crippen MR) is 297 cm³/mol. The van der Waals surface area contributed by atoms with E-state index in [1.807, 2.05) is 0 Å². The molecule has 0 spiro atoms. The molecular weight excluding hydrogens is 837 g/mol. The van der Waals surface area contributed by atoms with Crippen LogP contribution in [0.3, 0.4) is 0 Å². The van der Waals surface area contributed by atoms with Gasteiger partial charge in [0.2, 0.25) is 0 Å². The van der Waals surface area contributed by atoms with E-state index in [1.165, 1.54) is 128 Å². The van der Waals surface area contributed by atoms with Gasteiger partial charge >= 0.3 is 11.9 Å². The van der Waals surface area contributed by atoms with Gasteiger partial charge in [0, 0.05) is 12.8 Å². The standard InChI is InChI=1S/C63H106O5/c1-3-5-7-9-11-13-15-17-19-21-23-24-25-26-27-28-29-30-31-32-33-34-35-36-37-38-40-42-44-46-48-50-52-54-56-58-63(66)68-61(59-64)60-67-62(65)57-55-53-51-49-47-45-43-41-39-22-20-18-16-14-12-10-8-6-4-2/h5-8,11-14,17-20,23-24,26-27,39,41,61,64H,3-4,9-10,15-16,21-22,25,28-38,40,42-60H2,1-2H3/b7-5-,8-6-,13-11-,14-12-,19-17-,20-18-,24-23-,27-26-,41-39-. The molecule has 1 N–H and O–H groups in total. The lowest BCUT2D eigenvalue weighted by Gasteiger charge is -2.15. The van der Waals surface area contributed by atoms with Gasteiger partial charge in [0.15, 0.2) is 6.10 Å². The second kappa shape index (κ2) is 57.9. The first kappa shape index (κ1) is 64.6. The van der Waals surface area contributed by atoms with Gasteiger partial charge in [0.1, 0.15) is 6.61 Å². The van der Waals surface area contributed by atoms with Gasteiger partial charge in [-0.15, -0.1) is 0 Å². The normalized spacial score (nSPS) is 13.0. The number of hydrogen-bond donors (Lipinski definition) is 1. The highest BCUT2D eigenvalue weighted by Crippen LogP contribution is 2.16. The molecule has 0 bridgehead atoms. The molecular formula is C63H106O5. The van der Waals surface area contributed by atoms with Gasteiger partial charge in [-0.1, -0.05) is 258 Å². The van der Waals surface area contributed by atoms with Crippen LogP contribution in [0.25, 0.3) is 0 Å². The van der Waals surface area contributed by atoms with Crippen molar-refractivity contribution >= 4 is 11.9 Å². The molecule has 5 nitrogen and oxygen atoms in total. The Labute approximate surface area is 421 Å². The molecule has 0 aliphatic carbocycles. The van der Waals surface area contributed by atoms with Gasteiger partial charge < -0.3 is 14.6 Å². The minimum Gasteiger partial charge on any atom is -0.462 e. The summed E-state index contributed by atoms with van der Waals surface area (Å²) in [4.78, 5) is 24.5. The molecule has 0 rings (SSSR count). The Bertz CT molecular complexity index is 1340. The topological polar surface area (TPSA) is 72.8 Å². The molecule has 388 valence electrons. The van der Waals surface area contributed by atoms with Gasteiger partial charge in [-0.3, -0.25) is 9.59 Å². The lowest BCUT2D eigenvalue weighted by atomic mass is 10.0. The third kappa shape index (κ3) is 55.2. The van der Waals surface area contributed by atoms with Gasteiger partial charge in [-0.2, -0.15) is 0 Å². The van der Waals surface area contributed by atoms with Crippen LogP contribution in [0.1, 0.15) is 258 Å². The van der Waals surface area contributed by atoms with E-state index in [0.717, 1.165) is 103 Å². The molecule has 0 aromatic heterocycles. The third-order valence-electron chi connectivity index (χ3n) is 12.1. The van der Waals surface area contributed by atoms with E-state index >= 15 is 0 Å². The average Bonchev–Trinajstić information content (AvgIpc) is 3.34. The van der Waals surface area contributed by atoms with Crippen molar-refractivity contribution in [3.8, 4) is 0 Å². The third-order valence-corrected chi connectivity index (χ3v) is 12.1. The first-order valence-corrected chi connectivity index (χ1v) is 28.4. The van der Waals surface area contributed by atoms with E-state index < -0.39 is 6.10 Å². The van der Waals surface area contributed by atoms with Crippen LogP contribution in [0.4, 0.5) is 0 Å². The predicted octanol–water partition coefficient (Wildman–Crippen LogP) is 19.3. The average molecular weight is 944 g/mol. The van der Waals surface area contributed by atoms with Gasteiger partial charge in [0.25, 0.3) is 0 Å². The summed E-state index contributed by atoms with van der Waals surface area (Å²) in [6, 6.07) is 0. The molecule has 0 radical (unpaired) electrons. The number of carbonyl (C=O) groups excluding carboxylic acids is 2. The number of allylic oxidation sites excluding steroid dienone is 18. The van der Waals surface area contributed by atoms with E-state index in [0.29, 0.717) is 12.8 Å². The Kier molecular flexibility index (Phi) is 54.9. The largest absolute Gasteiger partial charge is 0.462 e. The molecule has 68 heavy (non-hydrogen) atoms. The van der Waals surface area contributed by atoms with Crippen LogP contribution in [-0.2, 0) is 19.1 Å². The molecule has 0 aliphatic rings. The number of aliphatic hydroxyl groups is 1. The van der Waals surface area contributed by atoms with Crippen LogP contribution < -0.4 is 0 Å². The smallest absolute Gasteiger partial charge is 0.306 e. The number of hydrogen-bond acceptors (Lipinski definition) is 5. The van der Waals surface area contributed by atoms with Crippen molar-refractivity contribution in [1.29, 1.82) is 0 Å². The number of esters is 2. The maximum atomic E-state index is 12.3. The lowest BCUT2D eigenvalue weighted by Crippen LogP contribution is -2.28. The second-order valence-electron chi connectivity index (χ2n) is 18.6. The number of carbonyl (C=O) groups is 2. The molecule has 1 atom stereocenters. The van der Waals surface area contributed by atoms with E-state index in [2.05, 4.69) is 123 Å². The highest BCUT2D eigenvalue weighted by molar-refractivity contribution is 5.70. The molecule has 1 unspecified atom stereocenters. The summed E-state index contributed by atoms with van der Waals surface area (Å²) in [5.41, 5.74) is 0. The minimum absolute atomic E-state index is 0.0763. The number of unbranched alkanes of at least 4 members (excludes halogenated alkanes) is 25. The molecule has 0 saturated heterocycles. The fraction of sp³-hybridized carbons (Fsp3) is 0.683. The van der Waals surface area contributed by atoms with E-state index in [9.17, 15) is 14.7 Å². The van der Waals surface area contributed by atoms with Crippen LogP contribution in [-0.4, -0.2) is 36.4 Å². The number of ether oxygens (including phenoxy) is 2. The summed E-state index contributed by atoms with van der Waals surface area (Å²) in [5.74, 6) is -0.604. The fourth-order valence-electron chi connectivity index (χ4n) is 7.87. The van der Waals surface area contributed by atoms with Crippen LogP contribution in [0.15, 0.2) is 109 Å². The van der Waals surface area contributed by atoms with Crippen molar-refractivity contribution in [2.75, 3.05) is 13.2 Å². The summed E-state index contributed by atoms with van der Waals surface area (Å²) < 4.78 is 10.7. The van der Waals surface area contributed by atoms with Crippen molar-refractivity contribution in [1.82, 2.24) is 0 Å². The quantitative estimate of drug-likeness (QED) is 0.0374. The molecule has 0 aliphatic heterocycles. The highest BCUT2D eigenvalue weighted by atomic mass is 16.6. The second-order valence-corrected chi connectivity index (χ2v) is 18.6. The summed E-state index contributed by atoms with van der Waals surface area (Å²) in [7, 11) is 0. The summed E-state index contributed by atoms with van der Waals surface area (Å²) in [6.45, 7) is 3.91. The highest BCUT2D eigenvalue weighted by Gasteiger charge is 2.16. The minimum atomic E-state index is -0.783. The van der Waals surface area contributed by atoms with Crippen LogP contribution in [0, 0.1) is 0 Å². The lowest BCUT2D eigenvalue weighted by molar-refractivity contribution is -0.161. The number of rotatable bonds is 51. The molecule has 0 saturated carbocycles. The maximum Gasteiger partial charge on any atom is 0.306 e. The maximum absolute atomic E-state index is 12.3. The molecule has 0 amide bonds. The van der Waals surface area contributed by atoms with E-state index in [4.69, 9.17) is 9.47 Å². The van der Waals surface area contributed by atoms with Crippen LogP contribution >= 0.6 is 0 Å². The van der Waals surface area contributed by atoms with Crippen molar-refractivity contribution in [2.45, 2.75) is 264 Å². The van der Waals surface area contributed by atoms with Crippen molar-refractivity contribution in [3.63, 3.8) is 0 Å². The first-order valence-electron chi connectivity index (χ1n) is 28.4. The Morgan fingerprint density at radius 1 is 0.338 bits per heavy atom. The van der Waals surface area contributed by atoms with Crippen LogP contribution in [0.5, 0.6) is 0 Å². The van der Waals surface area contributed by atoms with Gasteiger partial charge in [-0.25, -0.2) is 0 Å². The Morgan fingerprint density at radius 2 is 0.588 bits per heavy atom. The zero-order valence-corrected chi connectivity index (χ0v) is 44.3. The monoisotopic (exact) mass is 943 g/mol. The summed E-state index contributed by atoms with van der Waals surface area (Å²) >= 11 is 0. The van der Waals surface area contributed by atoms with Crippen molar-refractivity contribution in [2.24, 2.45) is 0 Å². The first-order chi connectivity index (χ1) is 33.6. The van der Waals surface area contributed by atoms with Gasteiger partial charge in [0.05, 0.1) is 6.61 Å². The summed E-state index contributed by atoms with van der Waals surface area (Å²) in [5, 5.41) is 9.65. The Hall–Kier alpha value is -3.44. The molecule has 0 fully saturated rings. The zero-order chi connectivity index (χ0) is 49.2. The number of aliphatic hydroxyl groups excluding tert-OH is 1. The molecule has 0 aromatic rings. The van der Waals surface area contributed by atoms with Crippen molar-refractivity contribution < 1.29 is 24.2 Å². The Morgan fingerprint density at radius 3 is 0.882 bits per heavy atom. The van der Waals surface area contributed by atoms with E-state index in [-0.39, 0.29) is 25.2 Å². The molecule has 5 heteroatoms. The van der Waals surface area contributed by atoms with Crippen LogP contribution in [0.2, 0.25) is 0 Å². The van der Waals surface area contributed by atoms with E-state index in [1.54, 1.807) is 0 Å². The fourth-order valence-corrected chi connectivity index (χ4v) is 7.87. The molecule has 0 heterocycles. The van der Waals surface area contributed by atoms with Crippen molar-refractivity contribution in [3.05, 3.63) is 109 Å². The van der Waals surface area contributed by atoms with Gasteiger partial charge in [-0.05, 0) is 96.3 Å².